The summed E-state index contributed by atoms with van der Waals surface area (Å²) in [6.45, 7) is 5.34. The predicted molar refractivity (Wildman–Crippen MR) is 121 cm³/mol. The molecule has 13 heteroatoms. The third-order valence-corrected chi connectivity index (χ3v) is 6.90. The number of carbonyl (C=O) groups excluding carboxylic acids is 2. The average Bonchev–Trinajstić information content (AvgIpc) is 3.24. The fourth-order valence-corrected chi connectivity index (χ4v) is 4.85. The number of alkyl halides is 3. The molecule has 190 valence electrons. The summed E-state index contributed by atoms with van der Waals surface area (Å²) in [5, 5.41) is 10.2. The Morgan fingerprint density at radius 2 is 1.83 bits per heavy atom. The Kier molecular flexibility index (Phi) is 8.11. The van der Waals surface area contributed by atoms with E-state index in [-0.39, 0.29) is 11.8 Å². The minimum absolute atomic E-state index is 0.0614. The number of piperazine rings is 1. The van der Waals surface area contributed by atoms with Crippen LogP contribution in [-0.2, 0) is 16.1 Å². The van der Waals surface area contributed by atoms with Crippen LogP contribution in [0.15, 0.2) is 29.8 Å². The van der Waals surface area contributed by atoms with Crippen molar-refractivity contribution in [3.8, 4) is 0 Å². The number of rotatable bonds is 3. The fraction of sp³-hybridized carbons (Fsp3) is 0.500. The molecular formula is C22H26F3N5O4S. The highest BCUT2D eigenvalue weighted by molar-refractivity contribution is 7.09. The molecule has 2 aromatic heterocycles. The number of nitrogens with zero attached hydrogens (tertiary/aromatic N) is 5. The van der Waals surface area contributed by atoms with Gasteiger partial charge in [-0.25, -0.2) is 9.78 Å². The van der Waals surface area contributed by atoms with Crippen LogP contribution in [0.3, 0.4) is 0 Å². The number of carboxylic acid groups (broad SMARTS) is 1. The molecule has 2 fully saturated rings. The van der Waals surface area contributed by atoms with Gasteiger partial charge in [0, 0.05) is 51.3 Å². The first kappa shape index (κ1) is 26.5. The van der Waals surface area contributed by atoms with Crippen molar-refractivity contribution in [2.75, 3.05) is 33.2 Å². The van der Waals surface area contributed by atoms with Gasteiger partial charge >= 0.3 is 12.1 Å². The van der Waals surface area contributed by atoms with Crippen LogP contribution in [0.2, 0.25) is 0 Å². The van der Waals surface area contributed by atoms with Gasteiger partial charge in [-0.1, -0.05) is 6.07 Å². The Labute approximate surface area is 204 Å². The second kappa shape index (κ2) is 10.7. The van der Waals surface area contributed by atoms with Crippen molar-refractivity contribution >= 4 is 29.1 Å². The van der Waals surface area contributed by atoms with Crippen LogP contribution in [0.4, 0.5) is 13.2 Å². The summed E-state index contributed by atoms with van der Waals surface area (Å²) < 4.78 is 31.7. The van der Waals surface area contributed by atoms with Crippen LogP contribution in [0.1, 0.15) is 34.0 Å². The summed E-state index contributed by atoms with van der Waals surface area (Å²) in [5.74, 6) is -2.66. The normalized spacial score (nSPS) is 18.3. The lowest BCUT2D eigenvalue weighted by atomic mass is 9.82. The third-order valence-electron chi connectivity index (χ3n) is 6.08. The molecule has 2 saturated heterocycles. The van der Waals surface area contributed by atoms with Gasteiger partial charge in [-0.15, -0.1) is 11.3 Å². The van der Waals surface area contributed by atoms with Crippen LogP contribution in [-0.4, -0.2) is 92.5 Å². The lowest BCUT2D eigenvalue weighted by Crippen LogP contribution is -2.68. The van der Waals surface area contributed by atoms with Gasteiger partial charge in [-0.2, -0.15) is 13.2 Å². The molecule has 0 aromatic carbocycles. The molecule has 2 aromatic rings. The number of hydrogen-bond donors (Lipinski definition) is 1. The highest BCUT2D eigenvalue weighted by atomic mass is 32.1. The first-order valence-electron chi connectivity index (χ1n) is 10.9. The summed E-state index contributed by atoms with van der Waals surface area (Å²) in [4.78, 5) is 49.5. The van der Waals surface area contributed by atoms with E-state index in [4.69, 9.17) is 9.90 Å². The zero-order chi connectivity index (χ0) is 25.8. The molecule has 35 heavy (non-hydrogen) atoms. The number of pyridine rings is 1. The van der Waals surface area contributed by atoms with Crippen molar-refractivity contribution in [1.82, 2.24) is 24.7 Å². The number of amides is 2. The number of aryl methyl sites for hydroxylation is 1. The van der Waals surface area contributed by atoms with E-state index in [1.165, 1.54) is 0 Å². The zero-order valence-electron chi connectivity index (χ0n) is 19.3. The average molecular weight is 514 g/mol. The summed E-state index contributed by atoms with van der Waals surface area (Å²) in [7, 11) is 1.87. The van der Waals surface area contributed by atoms with E-state index >= 15 is 0 Å². The first-order chi connectivity index (χ1) is 16.4. The van der Waals surface area contributed by atoms with Crippen LogP contribution in [0.5, 0.6) is 0 Å². The predicted octanol–water partition coefficient (Wildman–Crippen LogP) is 2.43. The van der Waals surface area contributed by atoms with E-state index in [1.54, 1.807) is 29.7 Å². The van der Waals surface area contributed by atoms with E-state index in [1.807, 2.05) is 29.8 Å². The van der Waals surface area contributed by atoms with Crippen LogP contribution >= 0.6 is 11.3 Å². The van der Waals surface area contributed by atoms with E-state index < -0.39 is 17.7 Å². The molecule has 2 aliphatic rings. The zero-order valence-corrected chi connectivity index (χ0v) is 20.1. The van der Waals surface area contributed by atoms with Gasteiger partial charge in [0.2, 0.25) is 5.91 Å². The third kappa shape index (κ3) is 6.14. The molecule has 2 amide bonds. The standard InChI is InChI=1S/C20H25N5O2S.C2HF3O2/c1-15-22-16(14-28-15)13-25-12-11-23(2)19(27)20(25)6-9-24(10-7-20)18(26)17-5-3-4-8-21-17;3-2(4,5)1(6)7/h3-5,8,14H,6-7,9-13H2,1-2H3;(H,6,7). The number of aliphatic carboxylic acids is 1. The number of likely N-dealkylation sites (tertiary alicyclic amines) is 1. The van der Waals surface area contributed by atoms with Gasteiger partial charge in [-0.05, 0) is 31.9 Å². The topological polar surface area (TPSA) is 107 Å². The van der Waals surface area contributed by atoms with Crippen molar-refractivity contribution < 1.29 is 32.7 Å². The summed E-state index contributed by atoms with van der Waals surface area (Å²) in [6, 6.07) is 5.36. The van der Waals surface area contributed by atoms with E-state index in [0.29, 0.717) is 38.2 Å². The minimum atomic E-state index is -5.08. The maximum Gasteiger partial charge on any atom is 0.490 e. The lowest BCUT2D eigenvalue weighted by Gasteiger charge is -2.52. The first-order valence-corrected chi connectivity index (χ1v) is 11.7. The minimum Gasteiger partial charge on any atom is -0.475 e. The van der Waals surface area contributed by atoms with Gasteiger partial charge in [0.1, 0.15) is 11.2 Å². The summed E-state index contributed by atoms with van der Waals surface area (Å²) in [5.41, 5.74) is 0.928. The van der Waals surface area contributed by atoms with Gasteiger partial charge < -0.3 is 14.9 Å². The molecule has 4 rings (SSSR count). The second-order valence-corrected chi connectivity index (χ2v) is 9.41. The summed E-state index contributed by atoms with van der Waals surface area (Å²) in [6.07, 6.45) is -2.17. The number of aromatic nitrogens is 2. The molecule has 0 radical (unpaired) electrons. The molecule has 1 N–H and O–H groups in total. The van der Waals surface area contributed by atoms with Gasteiger partial charge in [0.15, 0.2) is 0 Å². The Morgan fingerprint density at radius 1 is 1.17 bits per heavy atom. The van der Waals surface area contributed by atoms with Crippen LogP contribution in [0, 0.1) is 6.92 Å². The Balaban J connectivity index is 0.000000429. The van der Waals surface area contributed by atoms with Crippen molar-refractivity contribution in [2.45, 2.75) is 38.0 Å². The highest BCUT2D eigenvalue weighted by Gasteiger charge is 2.50. The maximum absolute atomic E-state index is 13.2. The van der Waals surface area contributed by atoms with Crippen molar-refractivity contribution in [2.24, 2.45) is 0 Å². The van der Waals surface area contributed by atoms with Gasteiger partial charge in [-0.3, -0.25) is 19.5 Å². The highest BCUT2D eigenvalue weighted by Crippen LogP contribution is 2.35. The Morgan fingerprint density at radius 3 is 2.34 bits per heavy atom. The number of carbonyl (C=O) groups is 3. The summed E-state index contributed by atoms with van der Waals surface area (Å²) >= 11 is 1.64. The van der Waals surface area contributed by atoms with Crippen LogP contribution in [0.25, 0.3) is 0 Å². The molecule has 0 unspecified atom stereocenters. The van der Waals surface area contributed by atoms with Crippen LogP contribution < -0.4 is 0 Å². The van der Waals surface area contributed by atoms with Crippen molar-refractivity contribution in [3.05, 3.63) is 46.2 Å². The maximum atomic E-state index is 13.2. The number of likely N-dealkylation sites (N-methyl/N-ethyl adjacent to an activating group) is 1. The molecule has 2 aliphatic heterocycles. The number of thiazole rings is 1. The molecule has 0 saturated carbocycles. The monoisotopic (exact) mass is 513 g/mol. The Bertz CT molecular complexity index is 1050. The van der Waals surface area contributed by atoms with E-state index in [9.17, 15) is 22.8 Å². The molecule has 0 aliphatic carbocycles. The van der Waals surface area contributed by atoms with E-state index in [0.717, 1.165) is 23.8 Å². The Hall–Kier alpha value is -3.06. The number of halogens is 3. The van der Waals surface area contributed by atoms with Crippen molar-refractivity contribution in [3.63, 3.8) is 0 Å². The van der Waals surface area contributed by atoms with Crippen molar-refractivity contribution in [1.29, 1.82) is 0 Å². The second-order valence-electron chi connectivity index (χ2n) is 8.35. The van der Waals surface area contributed by atoms with Gasteiger partial charge in [0.05, 0.1) is 10.7 Å². The lowest BCUT2D eigenvalue weighted by molar-refractivity contribution is -0.192. The number of piperidine rings is 1. The quantitative estimate of drug-likeness (QED) is 0.672. The van der Waals surface area contributed by atoms with E-state index in [2.05, 4.69) is 20.2 Å². The number of carboxylic acids is 1. The molecule has 9 nitrogen and oxygen atoms in total. The van der Waals surface area contributed by atoms with Gasteiger partial charge in [0.25, 0.3) is 5.91 Å². The molecular weight excluding hydrogens is 487 g/mol. The molecule has 1 spiro atoms. The largest absolute Gasteiger partial charge is 0.490 e. The number of hydrogen-bond acceptors (Lipinski definition) is 7. The molecule has 0 atom stereocenters. The fourth-order valence-electron chi connectivity index (χ4n) is 4.24. The SMILES string of the molecule is Cc1nc(CN2CCN(C)C(=O)C23CCN(C(=O)c2ccccn2)CC3)cs1.O=C(O)C(F)(F)F. The molecule has 4 heterocycles. The molecule has 0 bridgehead atoms. The smallest absolute Gasteiger partial charge is 0.475 e.